The van der Waals surface area contributed by atoms with Gasteiger partial charge in [0.05, 0.1) is 5.56 Å². The summed E-state index contributed by atoms with van der Waals surface area (Å²) in [5, 5.41) is 3.53. The minimum Gasteiger partial charge on any atom is -0.314 e. The highest BCUT2D eigenvalue weighted by atomic mass is 19.4. The zero-order valence-electron chi connectivity index (χ0n) is 11.8. The second-order valence-electron chi connectivity index (χ2n) is 5.73. The van der Waals surface area contributed by atoms with E-state index in [0.29, 0.717) is 12.0 Å². The molecule has 20 heavy (non-hydrogen) atoms. The van der Waals surface area contributed by atoms with Crippen molar-refractivity contribution < 1.29 is 13.2 Å². The average Bonchev–Trinajstić information content (AvgIpc) is 2.83. The molecule has 1 nitrogen and oxygen atoms in total. The average molecular weight is 285 g/mol. The van der Waals surface area contributed by atoms with Crippen LogP contribution in [0.25, 0.3) is 0 Å². The summed E-state index contributed by atoms with van der Waals surface area (Å²) in [7, 11) is 0. The smallest absolute Gasteiger partial charge is 0.314 e. The fourth-order valence-corrected chi connectivity index (χ4v) is 2.96. The molecule has 1 fully saturated rings. The molecule has 0 heterocycles. The zero-order valence-corrected chi connectivity index (χ0v) is 11.8. The first-order valence-electron chi connectivity index (χ1n) is 7.38. The van der Waals surface area contributed by atoms with Crippen LogP contribution >= 0.6 is 0 Å². The summed E-state index contributed by atoms with van der Waals surface area (Å²) >= 11 is 0. The summed E-state index contributed by atoms with van der Waals surface area (Å²) in [6, 6.07) is 6.22. The molecule has 1 aliphatic carbocycles. The molecule has 1 aromatic carbocycles. The Morgan fingerprint density at radius 1 is 1.15 bits per heavy atom. The number of benzene rings is 1. The van der Waals surface area contributed by atoms with E-state index in [1.165, 1.54) is 25.0 Å². The van der Waals surface area contributed by atoms with Crippen LogP contribution in [-0.2, 0) is 12.6 Å². The van der Waals surface area contributed by atoms with Gasteiger partial charge in [0.15, 0.2) is 0 Å². The van der Waals surface area contributed by atoms with Gasteiger partial charge >= 0.3 is 6.18 Å². The summed E-state index contributed by atoms with van der Waals surface area (Å²) in [4.78, 5) is 0. The predicted molar refractivity (Wildman–Crippen MR) is 74.6 cm³/mol. The number of rotatable bonds is 5. The van der Waals surface area contributed by atoms with Gasteiger partial charge in [-0.25, -0.2) is 0 Å². The minimum atomic E-state index is -4.24. The molecule has 0 amide bonds. The first-order chi connectivity index (χ1) is 9.49. The Bertz CT molecular complexity index is 411. The third-order valence-electron chi connectivity index (χ3n) is 4.03. The number of alkyl halides is 3. The molecule has 1 aliphatic rings. The Hall–Kier alpha value is -1.03. The summed E-state index contributed by atoms with van der Waals surface area (Å²) in [5.74, 6) is 0.598. The molecule has 4 heteroatoms. The van der Waals surface area contributed by atoms with E-state index in [9.17, 15) is 13.2 Å². The van der Waals surface area contributed by atoms with Crippen LogP contribution in [0.4, 0.5) is 13.2 Å². The van der Waals surface area contributed by atoms with Gasteiger partial charge in [0.2, 0.25) is 0 Å². The molecule has 1 aromatic rings. The molecular formula is C16H22F3N. The van der Waals surface area contributed by atoms with Crippen LogP contribution in [0.2, 0.25) is 0 Å². The van der Waals surface area contributed by atoms with Gasteiger partial charge in [-0.1, -0.05) is 19.1 Å². The van der Waals surface area contributed by atoms with E-state index in [0.717, 1.165) is 31.4 Å². The standard InChI is InChI=1S/C16H22F3N/c1-2-9-20-15-8-5-13(11-15)10-12-3-6-14(7-4-12)16(17,18)19/h3-4,6-7,13,15,20H,2,5,8-11H2,1H3. The monoisotopic (exact) mass is 285 g/mol. The van der Waals surface area contributed by atoms with Crippen molar-refractivity contribution in [3.8, 4) is 0 Å². The quantitative estimate of drug-likeness (QED) is 0.844. The van der Waals surface area contributed by atoms with E-state index < -0.39 is 11.7 Å². The molecule has 0 bridgehead atoms. The Kier molecular flexibility index (Phi) is 5.08. The molecule has 2 rings (SSSR count). The number of hydrogen-bond donors (Lipinski definition) is 1. The van der Waals surface area contributed by atoms with Crippen molar-refractivity contribution in [3.05, 3.63) is 35.4 Å². The van der Waals surface area contributed by atoms with Crippen LogP contribution in [0.1, 0.15) is 43.7 Å². The second-order valence-corrected chi connectivity index (χ2v) is 5.73. The fraction of sp³-hybridized carbons (Fsp3) is 0.625. The molecule has 1 N–H and O–H groups in total. The van der Waals surface area contributed by atoms with Crippen LogP contribution < -0.4 is 5.32 Å². The lowest BCUT2D eigenvalue weighted by Crippen LogP contribution is -2.27. The molecule has 2 unspecified atom stereocenters. The van der Waals surface area contributed by atoms with Gasteiger partial charge in [-0.05, 0) is 62.3 Å². The number of hydrogen-bond acceptors (Lipinski definition) is 1. The Labute approximate surface area is 118 Å². The van der Waals surface area contributed by atoms with Crippen LogP contribution in [-0.4, -0.2) is 12.6 Å². The molecule has 112 valence electrons. The fourth-order valence-electron chi connectivity index (χ4n) is 2.96. The summed E-state index contributed by atoms with van der Waals surface area (Å²) in [6.07, 6.45) is 1.29. The SMILES string of the molecule is CCCNC1CCC(Cc2ccc(C(F)(F)F)cc2)C1. The van der Waals surface area contributed by atoms with Crippen molar-refractivity contribution in [3.63, 3.8) is 0 Å². The minimum absolute atomic E-state index is 0.560. The maximum absolute atomic E-state index is 12.5. The van der Waals surface area contributed by atoms with Crippen LogP contribution in [0.5, 0.6) is 0 Å². The van der Waals surface area contributed by atoms with Crippen molar-refractivity contribution in [1.82, 2.24) is 5.32 Å². The van der Waals surface area contributed by atoms with Crippen molar-refractivity contribution in [1.29, 1.82) is 0 Å². The number of halogens is 3. The highest BCUT2D eigenvalue weighted by molar-refractivity contribution is 5.25. The lowest BCUT2D eigenvalue weighted by Gasteiger charge is -2.13. The van der Waals surface area contributed by atoms with Crippen LogP contribution in [0, 0.1) is 5.92 Å². The van der Waals surface area contributed by atoms with E-state index in [4.69, 9.17) is 0 Å². The molecule has 0 spiro atoms. The molecular weight excluding hydrogens is 263 g/mol. The molecule has 0 aromatic heterocycles. The van der Waals surface area contributed by atoms with Crippen LogP contribution in [0.15, 0.2) is 24.3 Å². The second kappa shape index (κ2) is 6.61. The Morgan fingerprint density at radius 3 is 2.45 bits per heavy atom. The van der Waals surface area contributed by atoms with Crippen molar-refractivity contribution in [2.45, 2.75) is 51.2 Å². The molecule has 0 aliphatic heterocycles. The van der Waals surface area contributed by atoms with Gasteiger partial charge in [0.25, 0.3) is 0 Å². The van der Waals surface area contributed by atoms with Crippen LogP contribution in [0.3, 0.4) is 0 Å². The third-order valence-corrected chi connectivity index (χ3v) is 4.03. The summed E-state index contributed by atoms with van der Waals surface area (Å²) in [5.41, 5.74) is 0.453. The largest absolute Gasteiger partial charge is 0.416 e. The molecule has 1 saturated carbocycles. The van der Waals surface area contributed by atoms with Gasteiger partial charge in [0.1, 0.15) is 0 Å². The summed E-state index contributed by atoms with van der Waals surface area (Å²) < 4.78 is 37.5. The van der Waals surface area contributed by atoms with Gasteiger partial charge in [-0.2, -0.15) is 13.2 Å². The lowest BCUT2D eigenvalue weighted by atomic mass is 9.97. The van der Waals surface area contributed by atoms with Crippen molar-refractivity contribution in [2.24, 2.45) is 5.92 Å². The highest BCUT2D eigenvalue weighted by Gasteiger charge is 2.30. The molecule has 0 saturated heterocycles. The first kappa shape index (κ1) is 15.4. The Balaban J connectivity index is 1.85. The van der Waals surface area contributed by atoms with E-state index in [-0.39, 0.29) is 0 Å². The maximum Gasteiger partial charge on any atom is 0.416 e. The maximum atomic E-state index is 12.5. The molecule has 2 atom stereocenters. The zero-order chi connectivity index (χ0) is 14.6. The van der Waals surface area contributed by atoms with E-state index >= 15 is 0 Å². The summed E-state index contributed by atoms with van der Waals surface area (Å²) in [6.45, 7) is 3.21. The molecule has 0 radical (unpaired) electrons. The van der Waals surface area contributed by atoms with Gasteiger partial charge in [-0.15, -0.1) is 0 Å². The first-order valence-corrected chi connectivity index (χ1v) is 7.38. The topological polar surface area (TPSA) is 12.0 Å². The van der Waals surface area contributed by atoms with Gasteiger partial charge in [-0.3, -0.25) is 0 Å². The van der Waals surface area contributed by atoms with E-state index in [1.54, 1.807) is 12.1 Å². The van der Waals surface area contributed by atoms with E-state index in [1.807, 2.05) is 0 Å². The van der Waals surface area contributed by atoms with E-state index in [2.05, 4.69) is 12.2 Å². The van der Waals surface area contributed by atoms with Gasteiger partial charge < -0.3 is 5.32 Å². The third kappa shape index (κ3) is 4.23. The lowest BCUT2D eigenvalue weighted by molar-refractivity contribution is -0.137. The number of nitrogens with one attached hydrogen (secondary N) is 1. The van der Waals surface area contributed by atoms with Crippen molar-refractivity contribution >= 4 is 0 Å². The Morgan fingerprint density at radius 2 is 1.85 bits per heavy atom. The predicted octanol–water partition coefficient (Wildman–Crippen LogP) is 4.42. The van der Waals surface area contributed by atoms with Crippen molar-refractivity contribution in [2.75, 3.05) is 6.54 Å². The van der Waals surface area contributed by atoms with Gasteiger partial charge in [0, 0.05) is 6.04 Å². The highest BCUT2D eigenvalue weighted by Crippen LogP contribution is 2.31. The normalized spacial score (nSPS) is 23.2.